The molecule has 3 aliphatic rings. The van der Waals surface area contributed by atoms with Crippen LogP contribution in [0.3, 0.4) is 0 Å². The molecule has 0 radical (unpaired) electrons. The van der Waals surface area contributed by atoms with Crippen molar-refractivity contribution in [2.24, 2.45) is 0 Å². The fraction of sp³-hybridized carbons (Fsp3) is 0.286. The van der Waals surface area contributed by atoms with Crippen LogP contribution in [0.1, 0.15) is 79.0 Å². The van der Waals surface area contributed by atoms with Crippen molar-refractivity contribution in [3.8, 4) is 33.8 Å². The topological polar surface area (TPSA) is 25.6 Å². The minimum absolute atomic E-state index is 0.00993. The number of hydrogen-bond acceptors (Lipinski definition) is 3. The minimum Gasteiger partial charge on any atom is -0.456 e. The highest BCUT2D eigenvalue weighted by Gasteiger charge is 2.49. The van der Waals surface area contributed by atoms with Crippen LogP contribution in [0.4, 0.5) is 11.4 Å². The van der Waals surface area contributed by atoms with Crippen LogP contribution >= 0.6 is 0 Å². The standard InChI is InChI=1S/C42H40BNO2/c1-40(2,3)23-14-15-33-36(19-23)46-37-20-25(42(7,8)9)18-31-30-17-24(41(4,5)6)16-29-27-22-35-28(26-12-10-11-13-34(26)45-35)21-32(27)43(38(29)30)44(33)39(31)37/h10-22H,1-9H3. The first-order valence-corrected chi connectivity index (χ1v) is 16.6. The van der Waals surface area contributed by atoms with Gasteiger partial charge in [-0.3, -0.25) is 0 Å². The van der Waals surface area contributed by atoms with Gasteiger partial charge < -0.3 is 14.0 Å². The van der Waals surface area contributed by atoms with Gasteiger partial charge in [0.1, 0.15) is 16.9 Å². The fourth-order valence-corrected chi connectivity index (χ4v) is 7.84. The normalized spacial score (nSPS) is 14.7. The first kappa shape index (κ1) is 27.8. The van der Waals surface area contributed by atoms with E-state index < -0.39 is 0 Å². The van der Waals surface area contributed by atoms with Gasteiger partial charge in [0.2, 0.25) is 0 Å². The van der Waals surface area contributed by atoms with Crippen molar-refractivity contribution in [2.75, 3.05) is 4.81 Å². The summed E-state index contributed by atoms with van der Waals surface area (Å²) >= 11 is 0. The Labute approximate surface area is 272 Å². The fourth-order valence-electron chi connectivity index (χ4n) is 7.84. The van der Waals surface area contributed by atoms with Gasteiger partial charge in [0, 0.05) is 16.3 Å². The summed E-state index contributed by atoms with van der Waals surface area (Å²) in [5.74, 6) is 1.87. The molecule has 4 heterocycles. The molecule has 46 heavy (non-hydrogen) atoms. The first-order chi connectivity index (χ1) is 21.7. The smallest absolute Gasteiger partial charge is 0.330 e. The van der Waals surface area contributed by atoms with Crippen molar-refractivity contribution in [1.82, 2.24) is 0 Å². The second kappa shape index (κ2) is 8.67. The van der Waals surface area contributed by atoms with E-state index in [1.54, 1.807) is 0 Å². The summed E-state index contributed by atoms with van der Waals surface area (Å²) in [7, 11) is 0. The maximum absolute atomic E-state index is 6.97. The molecule has 0 amide bonds. The molecule has 4 heteroatoms. The average Bonchev–Trinajstić information content (AvgIpc) is 3.51. The zero-order chi connectivity index (χ0) is 32.1. The van der Waals surface area contributed by atoms with Gasteiger partial charge >= 0.3 is 6.85 Å². The molecule has 3 aliphatic heterocycles. The van der Waals surface area contributed by atoms with E-state index in [9.17, 15) is 0 Å². The van der Waals surface area contributed by atoms with Gasteiger partial charge in [-0.05, 0) is 96.9 Å². The van der Waals surface area contributed by atoms with Crippen LogP contribution in [0.15, 0.2) is 83.3 Å². The largest absolute Gasteiger partial charge is 0.456 e. The number of furan rings is 1. The van der Waals surface area contributed by atoms with Crippen molar-refractivity contribution in [3.63, 3.8) is 0 Å². The minimum atomic E-state index is -0.0383. The van der Waals surface area contributed by atoms with Crippen molar-refractivity contribution < 1.29 is 9.15 Å². The Balaban J connectivity index is 1.42. The molecule has 0 bridgehead atoms. The lowest BCUT2D eigenvalue weighted by Gasteiger charge is -2.43. The third kappa shape index (κ3) is 3.73. The lowest BCUT2D eigenvalue weighted by Crippen LogP contribution is -2.55. The van der Waals surface area contributed by atoms with Crippen molar-refractivity contribution in [1.29, 1.82) is 0 Å². The van der Waals surface area contributed by atoms with Crippen LogP contribution in [-0.4, -0.2) is 6.85 Å². The number of benzene rings is 5. The summed E-state index contributed by atoms with van der Waals surface area (Å²) in [5, 5.41) is 2.33. The van der Waals surface area contributed by atoms with E-state index in [2.05, 4.69) is 146 Å². The van der Waals surface area contributed by atoms with Crippen molar-refractivity contribution >= 4 is 51.1 Å². The monoisotopic (exact) mass is 601 g/mol. The van der Waals surface area contributed by atoms with E-state index in [1.807, 2.05) is 0 Å². The van der Waals surface area contributed by atoms with Crippen molar-refractivity contribution in [3.05, 3.63) is 95.6 Å². The van der Waals surface area contributed by atoms with Gasteiger partial charge in [0.15, 0.2) is 5.75 Å². The molecule has 5 aromatic carbocycles. The van der Waals surface area contributed by atoms with Gasteiger partial charge in [0.25, 0.3) is 0 Å². The molecule has 0 saturated heterocycles. The maximum Gasteiger partial charge on any atom is 0.330 e. The third-order valence-electron chi connectivity index (χ3n) is 10.5. The summed E-state index contributed by atoms with van der Waals surface area (Å²) < 4.78 is 13.4. The van der Waals surface area contributed by atoms with Crippen LogP contribution in [0.5, 0.6) is 11.5 Å². The van der Waals surface area contributed by atoms with E-state index in [1.165, 1.54) is 60.9 Å². The molecular formula is C42H40BNO2. The van der Waals surface area contributed by atoms with Gasteiger partial charge in [-0.25, -0.2) is 0 Å². The molecule has 0 aliphatic carbocycles. The Hall–Kier alpha value is -4.44. The highest BCUT2D eigenvalue weighted by molar-refractivity contribution is 6.95. The molecular weight excluding hydrogens is 561 g/mol. The molecule has 0 saturated carbocycles. The van der Waals surface area contributed by atoms with Gasteiger partial charge in [-0.15, -0.1) is 0 Å². The van der Waals surface area contributed by atoms with E-state index in [0.717, 1.165) is 33.7 Å². The number of rotatable bonds is 0. The second-order valence-corrected chi connectivity index (χ2v) is 16.7. The van der Waals surface area contributed by atoms with Crippen LogP contribution in [-0.2, 0) is 16.2 Å². The Bertz CT molecular complexity index is 2300. The maximum atomic E-state index is 6.97. The van der Waals surface area contributed by atoms with Crippen LogP contribution in [0, 0.1) is 0 Å². The zero-order valence-electron chi connectivity index (χ0n) is 28.3. The number of hydrogen-bond donors (Lipinski definition) is 0. The lowest BCUT2D eigenvalue weighted by molar-refractivity contribution is 0.470. The first-order valence-electron chi connectivity index (χ1n) is 16.6. The highest BCUT2D eigenvalue weighted by atomic mass is 16.5. The quantitative estimate of drug-likeness (QED) is 0.162. The summed E-state index contributed by atoms with van der Waals surface area (Å²) in [6.45, 7) is 20.7. The summed E-state index contributed by atoms with van der Waals surface area (Å²) in [6, 6.07) is 29.6. The number of anilines is 2. The van der Waals surface area contributed by atoms with Crippen LogP contribution in [0.2, 0.25) is 0 Å². The predicted octanol–water partition coefficient (Wildman–Crippen LogP) is 10.5. The number of para-hydroxylation sites is 1. The Morgan fingerprint density at radius 1 is 0.543 bits per heavy atom. The van der Waals surface area contributed by atoms with Crippen LogP contribution < -0.4 is 20.5 Å². The Morgan fingerprint density at radius 3 is 1.89 bits per heavy atom. The van der Waals surface area contributed by atoms with Crippen molar-refractivity contribution in [2.45, 2.75) is 78.6 Å². The number of nitrogens with zero attached hydrogens (tertiary/aromatic N) is 1. The molecule has 9 rings (SSSR count). The average molecular weight is 602 g/mol. The number of ether oxygens (including phenoxy) is 1. The zero-order valence-corrected chi connectivity index (χ0v) is 28.3. The Kier molecular flexibility index (Phi) is 5.25. The van der Waals surface area contributed by atoms with Gasteiger partial charge in [-0.1, -0.05) is 105 Å². The number of fused-ring (bicyclic) bond motifs is 10. The van der Waals surface area contributed by atoms with Crippen LogP contribution in [0.25, 0.3) is 44.2 Å². The molecule has 0 atom stereocenters. The summed E-state index contributed by atoms with van der Waals surface area (Å²) in [5.41, 5.74) is 15.9. The molecule has 3 nitrogen and oxygen atoms in total. The molecule has 0 fully saturated rings. The Morgan fingerprint density at radius 2 is 1.17 bits per heavy atom. The molecule has 228 valence electrons. The highest BCUT2D eigenvalue weighted by Crippen LogP contribution is 2.57. The van der Waals surface area contributed by atoms with E-state index in [0.29, 0.717) is 0 Å². The second-order valence-electron chi connectivity index (χ2n) is 16.7. The van der Waals surface area contributed by atoms with E-state index in [4.69, 9.17) is 9.15 Å². The van der Waals surface area contributed by atoms with E-state index >= 15 is 0 Å². The van der Waals surface area contributed by atoms with Gasteiger partial charge in [-0.2, -0.15) is 0 Å². The SMILES string of the molecule is CC(C)(C)c1ccc2c(c1)Oc1cc(C(C)(C)C)cc3c1N2B1c2cc4c(cc2-c2cc(C(C)(C)C)cc-3c21)oc1ccccc14. The molecule has 1 aromatic heterocycles. The third-order valence-corrected chi connectivity index (χ3v) is 10.5. The molecule has 0 N–H and O–H groups in total. The summed E-state index contributed by atoms with van der Waals surface area (Å²) in [6.07, 6.45) is 0. The molecule has 0 unspecified atom stereocenters. The van der Waals surface area contributed by atoms with Gasteiger partial charge in [0.05, 0.1) is 11.4 Å². The predicted molar refractivity (Wildman–Crippen MR) is 194 cm³/mol. The summed E-state index contributed by atoms with van der Waals surface area (Å²) in [4.78, 5) is 2.59. The molecule has 0 spiro atoms. The van der Waals surface area contributed by atoms with E-state index in [-0.39, 0.29) is 23.1 Å². The lowest BCUT2D eigenvalue weighted by atomic mass is 9.48. The molecule has 6 aromatic rings.